The summed E-state index contributed by atoms with van der Waals surface area (Å²) in [6, 6.07) is 6.26. The Kier molecular flexibility index (Phi) is 4.66. The highest BCUT2D eigenvalue weighted by atomic mass is 19.1. The predicted molar refractivity (Wildman–Crippen MR) is 88.2 cm³/mol. The molecule has 24 heavy (non-hydrogen) atoms. The number of aromatic nitrogens is 2. The number of nitrogens with zero attached hydrogens (tertiary/aromatic N) is 2. The van der Waals surface area contributed by atoms with Crippen molar-refractivity contribution in [3.8, 4) is 5.69 Å². The lowest BCUT2D eigenvalue weighted by Crippen LogP contribution is -2.49. The minimum Gasteiger partial charge on any atom is -0.384 e. The van der Waals surface area contributed by atoms with Crippen LogP contribution in [0.3, 0.4) is 0 Å². The normalized spacial score (nSPS) is 17.1. The summed E-state index contributed by atoms with van der Waals surface area (Å²) in [7, 11) is 1.62. The van der Waals surface area contributed by atoms with Gasteiger partial charge in [-0.1, -0.05) is 18.6 Å². The van der Waals surface area contributed by atoms with Crippen molar-refractivity contribution in [3.63, 3.8) is 0 Å². The van der Waals surface area contributed by atoms with Crippen LogP contribution in [0, 0.1) is 11.2 Å². The average molecular weight is 331 g/mol. The number of rotatable bonds is 6. The molecule has 6 heteroatoms. The van der Waals surface area contributed by atoms with Gasteiger partial charge in [-0.25, -0.2) is 9.07 Å². The van der Waals surface area contributed by atoms with Gasteiger partial charge in [0.15, 0.2) is 0 Å². The van der Waals surface area contributed by atoms with E-state index < -0.39 is 5.41 Å². The van der Waals surface area contributed by atoms with E-state index in [0.29, 0.717) is 12.3 Å². The molecule has 0 saturated heterocycles. The molecule has 1 aromatic carbocycles. The maximum atomic E-state index is 13.8. The Bertz CT molecular complexity index is 725. The monoisotopic (exact) mass is 331 g/mol. The molecule has 0 radical (unpaired) electrons. The molecular formula is C18H22FN3O2. The van der Waals surface area contributed by atoms with Gasteiger partial charge < -0.3 is 10.1 Å². The zero-order valence-electron chi connectivity index (χ0n) is 14.0. The molecule has 1 amide bonds. The summed E-state index contributed by atoms with van der Waals surface area (Å²) in [5, 5.41) is 7.25. The average Bonchev–Trinajstić information content (AvgIpc) is 3.01. The van der Waals surface area contributed by atoms with Crippen LogP contribution >= 0.6 is 0 Å². The van der Waals surface area contributed by atoms with E-state index in [1.54, 1.807) is 37.7 Å². The SMILES string of the molecule is COCC1(C(=O)NC(C)c2cnn(-c3ccccc3F)c2)CCC1. The first-order chi connectivity index (χ1) is 11.6. The van der Waals surface area contributed by atoms with Crippen molar-refractivity contribution in [1.29, 1.82) is 0 Å². The molecule has 1 saturated carbocycles. The van der Waals surface area contributed by atoms with Gasteiger partial charge in [0.05, 0.1) is 24.3 Å². The van der Waals surface area contributed by atoms with Crippen LogP contribution in [-0.2, 0) is 9.53 Å². The fourth-order valence-corrected chi connectivity index (χ4v) is 3.08. The van der Waals surface area contributed by atoms with Crippen molar-refractivity contribution in [2.45, 2.75) is 32.2 Å². The van der Waals surface area contributed by atoms with E-state index in [4.69, 9.17) is 4.74 Å². The van der Waals surface area contributed by atoms with Crippen molar-refractivity contribution < 1.29 is 13.9 Å². The molecule has 1 aliphatic rings. The standard InChI is InChI=1S/C18H22FN3O2/c1-13(21-17(23)18(12-24-2)8-5-9-18)14-10-20-22(11-14)16-7-4-3-6-15(16)19/h3-4,6-7,10-11,13H,5,8-9,12H2,1-2H3,(H,21,23). The topological polar surface area (TPSA) is 56.1 Å². The Balaban J connectivity index is 1.71. The summed E-state index contributed by atoms with van der Waals surface area (Å²) >= 11 is 0. The zero-order chi connectivity index (χ0) is 17.2. The first-order valence-corrected chi connectivity index (χ1v) is 8.15. The van der Waals surface area contributed by atoms with Gasteiger partial charge in [0, 0.05) is 18.9 Å². The lowest BCUT2D eigenvalue weighted by Gasteiger charge is -2.40. The van der Waals surface area contributed by atoms with Gasteiger partial charge in [-0.15, -0.1) is 0 Å². The van der Waals surface area contributed by atoms with Crippen LogP contribution in [0.2, 0.25) is 0 Å². The Labute approximate surface area is 140 Å². The maximum Gasteiger partial charge on any atom is 0.229 e. The number of halogens is 1. The van der Waals surface area contributed by atoms with Crippen molar-refractivity contribution in [1.82, 2.24) is 15.1 Å². The highest BCUT2D eigenvalue weighted by molar-refractivity contribution is 5.84. The molecule has 0 spiro atoms. The molecule has 1 unspecified atom stereocenters. The highest BCUT2D eigenvalue weighted by Gasteiger charge is 2.44. The van der Waals surface area contributed by atoms with Crippen LogP contribution in [-0.4, -0.2) is 29.4 Å². The molecule has 0 aliphatic heterocycles. The molecule has 128 valence electrons. The van der Waals surface area contributed by atoms with Crippen LogP contribution in [0.5, 0.6) is 0 Å². The number of methoxy groups -OCH3 is 1. The number of ether oxygens (including phenoxy) is 1. The third kappa shape index (κ3) is 3.06. The fraction of sp³-hybridized carbons (Fsp3) is 0.444. The lowest BCUT2D eigenvalue weighted by molar-refractivity contribution is -0.141. The van der Waals surface area contributed by atoms with Gasteiger partial charge in [-0.05, 0) is 31.9 Å². The van der Waals surface area contributed by atoms with E-state index in [1.807, 2.05) is 6.92 Å². The van der Waals surface area contributed by atoms with Crippen LogP contribution < -0.4 is 5.32 Å². The number of hydrogen-bond acceptors (Lipinski definition) is 3. The summed E-state index contributed by atoms with van der Waals surface area (Å²) < 4.78 is 20.5. The second-order valence-electron chi connectivity index (χ2n) is 6.43. The molecule has 2 aromatic rings. The lowest BCUT2D eigenvalue weighted by atomic mass is 9.68. The van der Waals surface area contributed by atoms with Gasteiger partial charge in [0.25, 0.3) is 0 Å². The number of amides is 1. The molecule has 3 rings (SSSR count). The van der Waals surface area contributed by atoms with Gasteiger partial charge in [0.2, 0.25) is 5.91 Å². The van der Waals surface area contributed by atoms with Crippen LogP contribution in [0.1, 0.15) is 37.8 Å². The molecular weight excluding hydrogens is 309 g/mol. The molecule has 1 fully saturated rings. The van der Waals surface area contributed by atoms with Crippen LogP contribution in [0.15, 0.2) is 36.7 Å². The van der Waals surface area contributed by atoms with E-state index >= 15 is 0 Å². The summed E-state index contributed by atoms with van der Waals surface area (Å²) in [5.41, 5.74) is 0.820. The van der Waals surface area contributed by atoms with Gasteiger partial charge in [-0.3, -0.25) is 4.79 Å². The summed E-state index contributed by atoms with van der Waals surface area (Å²) in [4.78, 5) is 12.6. The Morgan fingerprint density at radius 3 is 2.83 bits per heavy atom. The molecule has 1 heterocycles. The highest BCUT2D eigenvalue weighted by Crippen LogP contribution is 2.41. The second kappa shape index (κ2) is 6.73. The van der Waals surface area contributed by atoms with E-state index in [-0.39, 0.29) is 17.8 Å². The molecule has 1 N–H and O–H groups in total. The predicted octanol–water partition coefficient (Wildman–Crippen LogP) is 3.01. The number of carbonyl (C=O) groups excluding carboxylic acids is 1. The first kappa shape index (κ1) is 16.6. The summed E-state index contributed by atoms with van der Waals surface area (Å²) in [6.07, 6.45) is 6.16. The number of benzene rings is 1. The number of nitrogens with one attached hydrogen (secondary N) is 1. The molecule has 5 nitrogen and oxygen atoms in total. The van der Waals surface area contributed by atoms with Gasteiger partial charge in [-0.2, -0.15) is 5.10 Å². The molecule has 1 aromatic heterocycles. The third-order valence-corrected chi connectivity index (χ3v) is 4.76. The van der Waals surface area contributed by atoms with E-state index in [0.717, 1.165) is 24.8 Å². The van der Waals surface area contributed by atoms with E-state index in [2.05, 4.69) is 10.4 Å². The maximum absolute atomic E-state index is 13.8. The Morgan fingerprint density at radius 1 is 1.46 bits per heavy atom. The van der Waals surface area contributed by atoms with Crippen LogP contribution in [0.25, 0.3) is 5.69 Å². The van der Waals surface area contributed by atoms with Crippen molar-refractivity contribution in [3.05, 3.63) is 48.0 Å². The second-order valence-corrected chi connectivity index (χ2v) is 6.43. The molecule has 1 aliphatic carbocycles. The quantitative estimate of drug-likeness (QED) is 0.885. The van der Waals surface area contributed by atoms with Crippen molar-refractivity contribution >= 4 is 5.91 Å². The van der Waals surface area contributed by atoms with Crippen molar-refractivity contribution in [2.24, 2.45) is 5.41 Å². The molecule has 1 atom stereocenters. The van der Waals surface area contributed by atoms with Gasteiger partial charge in [0.1, 0.15) is 11.5 Å². The van der Waals surface area contributed by atoms with Crippen LogP contribution in [0.4, 0.5) is 4.39 Å². The summed E-state index contributed by atoms with van der Waals surface area (Å²) in [5.74, 6) is -0.320. The summed E-state index contributed by atoms with van der Waals surface area (Å²) in [6.45, 7) is 2.35. The Morgan fingerprint density at radius 2 is 2.21 bits per heavy atom. The zero-order valence-corrected chi connectivity index (χ0v) is 14.0. The minimum atomic E-state index is -0.398. The number of hydrogen-bond donors (Lipinski definition) is 1. The number of carbonyl (C=O) groups is 1. The fourth-order valence-electron chi connectivity index (χ4n) is 3.08. The van der Waals surface area contributed by atoms with Gasteiger partial charge >= 0.3 is 0 Å². The van der Waals surface area contributed by atoms with E-state index in [9.17, 15) is 9.18 Å². The minimum absolute atomic E-state index is 0.0155. The third-order valence-electron chi connectivity index (χ3n) is 4.76. The Hall–Kier alpha value is -2.21. The molecule has 0 bridgehead atoms. The largest absolute Gasteiger partial charge is 0.384 e. The van der Waals surface area contributed by atoms with Crippen molar-refractivity contribution in [2.75, 3.05) is 13.7 Å². The van der Waals surface area contributed by atoms with E-state index in [1.165, 1.54) is 10.7 Å². The number of para-hydroxylation sites is 1. The smallest absolute Gasteiger partial charge is 0.229 e. The first-order valence-electron chi connectivity index (χ1n) is 8.15.